The fourth-order valence-corrected chi connectivity index (χ4v) is 3.21. The van der Waals surface area contributed by atoms with Crippen molar-refractivity contribution in [1.29, 1.82) is 0 Å². The lowest BCUT2D eigenvalue weighted by atomic mass is 10.1. The summed E-state index contributed by atoms with van der Waals surface area (Å²) < 4.78 is 11.7. The molecule has 0 saturated heterocycles. The molecule has 0 aliphatic carbocycles. The molecular weight excluding hydrogens is 362 g/mol. The van der Waals surface area contributed by atoms with Gasteiger partial charge in [0.1, 0.15) is 17.3 Å². The lowest BCUT2D eigenvalue weighted by Gasteiger charge is -2.09. The van der Waals surface area contributed by atoms with Crippen molar-refractivity contribution in [3.8, 4) is 23.4 Å². The van der Waals surface area contributed by atoms with Crippen LogP contribution in [-0.2, 0) is 0 Å². The molecule has 5 rings (SSSR count). The van der Waals surface area contributed by atoms with E-state index in [1.54, 1.807) is 6.07 Å². The normalized spacial score (nSPS) is 10.9. The highest BCUT2D eigenvalue weighted by molar-refractivity contribution is 5.84. The SMILES string of the molecule is Nc1cc(Oc2ccc3ccccc3c2)nc(Oc2ccc3ccccc3c2)n1. The Morgan fingerprint density at radius 3 is 1.72 bits per heavy atom. The molecule has 0 bridgehead atoms. The van der Waals surface area contributed by atoms with Crippen molar-refractivity contribution in [2.24, 2.45) is 0 Å². The van der Waals surface area contributed by atoms with E-state index in [0.29, 0.717) is 17.4 Å². The Morgan fingerprint density at radius 2 is 1.10 bits per heavy atom. The summed E-state index contributed by atoms with van der Waals surface area (Å²) in [7, 11) is 0. The first-order chi connectivity index (χ1) is 14.2. The zero-order chi connectivity index (χ0) is 19.6. The average Bonchev–Trinajstić information content (AvgIpc) is 2.73. The number of nitrogens with zero attached hydrogens (tertiary/aromatic N) is 2. The summed E-state index contributed by atoms with van der Waals surface area (Å²) in [5.41, 5.74) is 5.94. The second-order valence-corrected chi connectivity index (χ2v) is 6.64. The number of nitrogens with two attached hydrogens (primary N) is 1. The van der Waals surface area contributed by atoms with Crippen LogP contribution in [0, 0.1) is 0 Å². The van der Waals surface area contributed by atoms with Crippen LogP contribution in [0.4, 0.5) is 5.82 Å². The van der Waals surface area contributed by atoms with Crippen LogP contribution in [0.25, 0.3) is 21.5 Å². The number of hydrogen-bond donors (Lipinski definition) is 1. The van der Waals surface area contributed by atoms with E-state index in [1.165, 1.54) is 0 Å². The average molecular weight is 379 g/mol. The van der Waals surface area contributed by atoms with Gasteiger partial charge in [0.25, 0.3) is 0 Å². The summed E-state index contributed by atoms with van der Waals surface area (Å²) >= 11 is 0. The summed E-state index contributed by atoms with van der Waals surface area (Å²) in [5, 5.41) is 4.43. The van der Waals surface area contributed by atoms with Crippen molar-refractivity contribution >= 4 is 27.4 Å². The lowest BCUT2D eigenvalue weighted by molar-refractivity contribution is 0.413. The first-order valence-electron chi connectivity index (χ1n) is 9.21. The van der Waals surface area contributed by atoms with Crippen molar-refractivity contribution in [3.63, 3.8) is 0 Å². The lowest BCUT2D eigenvalue weighted by Crippen LogP contribution is -1.99. The fraction of sp³-hybridized carbons (Fsp3) is 0. The van der Waals surface area contributed by atoms with Crippen LogP contribution >= 0.6 is 0 Å². The molecule has 4 aromatic carbocycles. The van der Waals surface area contributed by atoms with E-state index in [0.717, 1.165) is 21.5 Å². The third kappa shape index (κ3) is 3.66. The Morgan fingerprint density at radius 1 is 0.552 bits per heavy atom. The second kappa shape index (κ2) is 7.13. The molecule has 0 spiro atoms. The maximum atomic E-state index is 5.94. The van der Waals surface area contributed by atoms with Gasteiger partial charge in [0.2, 0.25) is 5.88 Å². The van der Waals surface area contributed by atoms with E-state index in [2.05, 4.69) is 16.0 Å². The largest absolute Gasteiger partial charge is 0.439 e. The van der Waals surface area contributed by atoms with E-state index in [4.69, 9.17) is 15.2 Å². The minimum absolute atomic E-state index is 0.135. The Bertz CT molecular complexity index is 1230. The highest BCUT2D eigenvalue weighted by atomic mass is 16.5. The number of fused-ring (bicyclic) bond motifs is 2. The molecule has 140 valence electrons. The molecule has 0 aliphatic rings. The molecule has 1 heterocycles. The molecule has 0 amide bonds. The van der Waals surface area contributed by atoms with Crippen LogP contribution in [0.1, 0.15) is 0 Å². The van der Waals surface area contributed by atoms with Gasteiger partial charge in [0.15, 0.2) is 0 Å². The molecule has 0 unspecified atom stereocenters. The zero-order valence-electron chi connectivity index (χ0n) is 15.4. The minimum atomic E-state index is 0.135. The quantitative estimate of drug-likeness (QED) is 0.418. The molecule has 0 aliphatic heterocycles. The molecule has 0 fully saturated rings. The van der Waals surface area contributed by atoms with Gasteiger partial charge in [-0.05, 0) is 45.8 Å². The van der Waals surface area contributed by atoms with Crippen molar-refractivity contribution < 1.29 is 9.47 Å². The zero-order valence-corrected chi connectivity index (χ0v) is 15.4. The Balaban J connectivity index is 1.42. The topological polar surface area (TPSA) is 70.3 Å². The minimum Gasteiger partial charge on any atom is -0.439 e. The molecule has 2 N–H and O–H groups in total. The van der Waals surface area contributed by atoms with Gasteiger partial charge < -0.3 is 15.2 Å². The molecule has 29 heavy (non-hydrogen) atoms. The molecular formula is C24H17N3O2. The number of anilines is 1. The Labute approximate surface area is 167 Å². The van der Waals surface area contributed by atoms with Crippen molar-refractivity contribution in [2.45, 2.75) is 0 Å². The van der Waals surface area contributed by atoms with E-state index < -0.39 is 0 Å². The first-order valence-corrected chi connectivity index (χ1v) is 9.21. The van der Waals surface area contributed by atoms with Crippen LogP contribution in [0.2, 0.25) is 0 Å². The maximum Gasteiger partial charge on any atom is 0.327 e. The smallest absolute Gasteiger partial charge is 0.327 e. The van der Waals surface area contributed by atoms with E-state index >= 15 is 0 Å². The van der Waals surface area contributed by atoms with Gasteiger partial charge in [0, 0.05) is 6.07 Å². The van der Waals surface area contributed by atoms with Crippen molar-refractivity contribution in [1.82, 2.24) is 9.97 Å². The number of nitrogen functional groups attached to an aromatic ring is 1. The number of aromatic nitrogens is 2. The van der Waals surface area contributed by atoms with Gasteiger partial charge in [-0.1, -0.05) is 60.7 Å². The number of rotatable bonds is 4. The molecule has 5 heteroatoms. The number of ether oxygens (including phenoxy) is 2. The van der Waals surface area contributed by atoms with Crippen LogP contribution in [0.3, 0.4) is 0 Å². The van der Waals surface area contributed by atoms with Gasteiger partial charge >= 0.3 is 6.01 Å². The predicted molar refractivity (Wildman–Crippen MR) is 114 cm³/mol. The number of hydrogen-bond acceptors (Lipinski definition) is 5. The maximum absolute atomic E-state index is 5.94. The van der Waals surface area contributed by atoms with E-state index in [1.807, 2.05) is 78.9 Å². The monoisotopic (exact) mass is 379 g/mol. The van der Waals surface area contributed by atoms with Gasteiger partial charge in [-0.2, -0.15) is 9.97 Å². The summed E-state index contributed by atoms with van der Waals surface area (Å²) in [6.07, 6.45) is 0. The second-order valence-electron chi connectivity index (χ2n) is 6.64. The molecule has 0 atom stereocenters. The Hall–Kier alpha value is -4.12. The Kier molecular flexibility index (Phi) is 4.18. The molecule has 5 nitrogen and oxygen atoms in total. The summed E-state index contributed by atoms with van der Waals surface area (Å²) in [5.74, 6) is 1.89. The summed E-state index contributed by atoms with van der Waals surface area (Å²) in [4.78, 5) is 8.51. The molecule has 0 saturated carbocycles. The van der Waals surface area contributed by atoms with Gasteiger partial charge in [-0.25, -0.2) is 0 Å². The van der Waals surface area contributed by atoms with E-state index in [-0.39, 0.29) is 11.8 Å². The molecule has 5 aromatic rings. The van der Waals surface area contributed by atoms with Gasteiger partial charge in [-0.3, -0.25) is 0 Å². The van der Waals surface area contributed by atoms with Crippen LogP contribution < -0.4 is 15.2 Å². The van der Waals surface area contributed by atoms with Gasteiger partial charge in [-0.15, -0.1) is 0 Å². The third-order valence-electron chi connectivity index (χ3n) is 4.58. The van der Waals surface area contributed by atoms with Crippen LogP contribution in [-0.4, -0.2) is 9.97 Å². The summed E-state index contributed by atoms with van der Waals surface area (Å²) in [6, 6.07) is 29.5. The summed E-state index contributed by atoms with van der Waals surface area (Å²) in [6.45, 7) is 0. The third-order valence-corrected chi connectivity index (χ3v) is 4.58. The highest BCUT2D eigenvalue weighted by Gasteiger charge is 2.08. The molecule has 0 radical (unpaired) electrons. The highest BCUT2D eigenvalue weighted by Crippen LogP contribution is 2.28. The standard InChI is InChI=1S/C24H17N3O2/c25-22-15-23(28-20-11-9-16-5-1-3-7-18(16)13-20)27-24(26-22)29-21-12-10-17-6-2-4-8-19(17)14-21/h1-15H,(H2,25,26,27). The first kappa shape index (κ1) is 17.0. The van der Waals surface area contributed by atoms with Crippen LogP contribution in [0.5, 0.6) is 23.4 Å². The van der Waals surface area contributed by atoms with E-state index in [9.17, 15) is 0 Å². The predicted octanol–water partition coefficient (Wildman–Crippen LogP) is 5.95. The fourth-order valence-electron chi connectivity index (χ4n) is 3.21. The number of benzene rings is 4. The van der Waals surface area contributed by atoms with Crippen molar-refractivity contribution in [2.75, 3.05) is 5.73 Å². The van der Waals surface area contributed by atoms with Crippen LogP contribution in [0.15, 0.2) is 91.0 Å². The van der Waals surface area contributed by atoms with Crippen molar-refractivity contribution in [3.05, 3.63) is 91.0 Å². The van der Waals surface area contributed by atoms with Gasteiger partial charge in [0.05, 0.1) is 0 Å². The molecule has 1 aromatic heterocycles.